The quantitative estimate of drug-likeness (QED) is 0.738. The van der Waals surface area contributed by atoms with Gasteiger partial charge in [0.1, 0.15) is 0 Å². The average molecular weight is 382 g/mol. The molecule has 1 saturated heterocycles. The Morgan fingerprint density at radius 3 is 2.08 bits per heavy atom. The molecule has 1 fully saturated rings. The molecule has 1 aromatic carbocycles. The Bertz CT molecular complexity index is 739. The highest BCUT2D eigenvalue weighted by molar-refractivity contribution is 7.89. The van der Waals surface area contributed by atoms with Gasteiger partial charge >= 0.3 is 0 Å². The smallest absolute Gasteiger partial charge is 0.253 e. The first-order valence-electron chi connectivity index (χ1n) is 8.50. The monoisotopic (exact) mass is 382 g/mol. The summed E-state index contributed by atoms with van der Waals surface area (Å²) in [6.07, 6.45) is 0. The Morgan fingerprint density at radius 2 is 1.58 bits per heavy atom. The second-order valence-electron chi connectivity index (χ2n) is 6.52. The first-order valence-corrected chi connectivity index (χ1v) is 9.98. The molecule has 0 spiro atoms. The second-order valence-corrected chi connectivity index (χ2v) is 8.29. The van der Waals surface area contributed by atoms with Crippen molar-refractivity contribution in [2.24, 2.45) is 0 Å². The lowest BCUT2D eigenvalue weighted by atomic mass is 10.2. The number of hydrogen-bond donors (Lipinski definition) is 1. The van der Waals surface area contributed by atoms with Crippen LogP contribution in [0, 0.1) is 0 Å². The number of hydrogen-bond acceptors (Lipinski definition) is 5. The Morgan fingerprint density at radius 1 is 1.04 bits per heavy atom. The van der Waals surface area contributed by atoms with E-state index in [0.717, 1.165) is 0 Å². The molecule has 0 bridgehead atoms. The molecule has 26 heavy (non-hydrogen) atoms. The van der Waals surface area contributed by atoms with E-state index in [1.54, 1.807) is 9.80 Å². The van der Waals surface area contributed by atoms with E-state index < -0.39 is 10.0 Å². The molecule has 0 radical (unpaired) electrons. The number of benzene rings is 1. The number of carbonyl (C=O) groups is 2. The van der Waals surface area contributed by atoms with Crippen LogP contribution >= 0.6 is 0 Å². The van der Waals surface area contributed by atoms with Gasteiger partial charge in [-0.2, -0.15) is 0 Å². The Labute approximate surface area is 154 Å². The molecule has 2 amide bonds. The van der Waals surface area contributed by atoms with Gasteiger partial charge in [0.25, 0.3) is 5.91 Å². The minimum absolute atomic E-state index is 0.00780. The topological polar surface area (TPSA) is 90.0 Å². The predicted octanol–water partition coefficient (Wildman–Crippen LogP) is -0.169. The number of carbonyl (C=O) groups excluding carboxylic acids is 2. The van der Waals surface area contributed by atoms with Gasteiger partial charge in [0.05, 0.1) is 4.90 Å². The van der Waals surface area contributed by atoms with Crippen LogP contribution < -0.4 is 4.72 Å². The largest absolute Gasteiger partial charge is 0.339 e. The van der Waals surface area contributed by atoms with Crippen molar-refractivity contribution in [2.75, 3.05) is 53.4 Å². The van der Waals surface area contributed by atoms with Crippen LogP contribution in [0.3, 0.4) is 0 Å². The molecule has 8 nitrogen and oxygen atoms in total. The summed E-state index contributed by atoms with van der Waals surface area (Å²) in [6, 6.07) is 5.94. The van der Waals surface area contributed by atoms with Crippen LogP contribution in [-0.2, 0) is 14.8 Å². The van der Waals surface area contributed by atoms with Crippen LogP contribution in [0.25, 0.3) is 0 Å². The molecule has 0 aromatic heterocycles. The van der Waals surface area contributed by atoms with Crippen molar-refractivity contribution in [1.82, 2.24) is 19.4 Å². The second kappa shape index (κ2) is 8.61. The third-order valence-corrected chi connectivity index (χ3v) is 5.75. The van der Waals surface area contributed by atoms with Gasteiger partial charge < -0.3 is 14.7 Å². The van der Waals surface area contributed by atoms with Crippen molar-refractivity contribution in [2.45, 2.75) is 11.8 Å². The summed E-state index contributed by atoms with van der Waals surface area (Å²) in [5, 5.41) is 0. The van der Waals surface area contributed by atoms with E-state index in [0.29, 0.717) is 44.8 Å². The number of likely N-dealkylation sites (N-methyl/N-ethyl adjacent to an activating group) is 1. The number of nitrogens with zero attached hydrogens (tertiary/aromatic N) is 3. The maximum absolute atomic E-state index is 12.5. The number of sulfonamides is 1. The molecule has 1 aliphatic heterocycles. The molecule has 1 aromatic rings. The van der Waals surface area contributed by atoms with Crippen molar-refractivity contribution in [1.29, 1.82) is 0 Å². The van der Waals surface area contributed by atoms with Gasteiger partial charge in [-0.15, -0.1) is 0 Å². The number of nitrogens with one attached hydrogen (secondary N) is 1. The summed E-state index contributed by atoms with van der Waals surface area (Å²) in [5.74, 6) is -0.147. The number of rotatable bonds is 6. The van der Waals surface area contributed by atoms with E-state index in [4.69, 9.17) is 0 Å². The van der Waals surface area contributed by atoms with E-state index in [-0.39, 0.29) is 16.7 Å². The lowest BCUT2D eigenvalue weighted by Gasteiger charge is -2.34. The predicted molar refractivity (Wildman–Crippen MR) is 98.3 cm³/mol. The summed E-state index contributed by atoms with van der Waals surface area (Å²) in [6.45, 7) is 4.42. The summed E-state index contributed by atoms with van der Waals surface area (Å²) >= 11 is 0. The highest BCUT2D eigenvalue weighted by Gasteiger charge is 2.23. The van der Waals surface area contributed by atoms with Gasteiger partial charge in [0, 0.05) is 51.8 Å². The maximum Gasteiger partial charge on any atom is 0.253 e. The van der Waals surface area contributed by atoms with E-state index in [1.165, 1.54) is 31.2 Å². The minimum atomic E-state index is -3.59. The molecule has 1 heterocycles. The minimum Gasteiger partial charge on any atom is -0.339 e. The SMILES string of the molecule is CC(=O)N1CCN(C(=O)c2ccc(S(=O)(=O)NCCN(C)C)cc2)CC1. The lowest BCUT2D eigenvalue weighted by molar-refractivity contribution is -0.130. The molecule has 1 N–H and O–H groups in total. The Balaban J connectivity index is 1.98. The Hall–Kier alpha value is -1.97. The van der Waals surface area contributed by atoms with Gasteiger partial charge in [-0.05, 0) is 38.4 Å². The van der Waals surface area contributed by atoms with Gasteiger partial charge in [-0.25, -0.2) is 13.1 Å². The first kappa shape index (κ1) is 20.3. The van der Waals surface area contributed by atoms with Crippen molar-refractivity contribution in [3.63, 3.8) is 0 Å². The third kappa shape index (κ3) is 5.26. The van der Waals surface area contributed by atoms with E-state index in [2.05, 4.69) is 4.72 Å². The highest BCUT2D eigenvalue weighted by Crippen LogP contribution is 2.13. The summed E-state index contributed by atoms with van der Waals surface area (Å²) in [4.78, 5) is 29.3. The van der Waals surface area contributed by atoms with Crippen molar-refractivity contribution >= 4 is 21.8 Å². The van der Waals surface area contributed by atoms with Crippen molar-refractivity contribution < 1.29 is 18.0 Å². The number of amides is 2. The zero-order valence-corrected chi connectivity index (χ0v) is 16.3. The molecule has 0 atom stereocenters. The molecule has 0 aliphatic carbocycles. The number of piperazine rings is 1. The fourth-order valence-electron chi connectivity index (χ4n) is 2.67. The molecule has 0 saturated carbocycles. The molecule has 1 aliphatic rings. The molecular weight excluding hydrogens is 356 g/mol. The maximum atomic E-state index is 12.5. The summed E-state index contributed by atoms with van der Waals surface area (Å²) in [7, 11) is 0.146. The first-order chi connectivity index (χ1) is 12.2. The van der Waals surface area contributed by atoms with Gasteiger partial charge in [0.2, 0.25) is 15.9 Å². The fourth-order valence-corrected chi connectivity index (χ4v) is 3.69. The third-order valence-electron chi connectivity index (χ3n) is 4.27. The zero-order chi connectivity index (χ0) is 19.3. The highest BCUT2D eigenvalue weighted by atomic mass is 32.2. The normalized spacial score (nSPS) is 15.4. The zero-order valence-electron chi connectivity index (χ0n) is 15.4. The van der Waals surface area contributed by atoms with Crippen LogP contribution in [0.5, 0.6) is 0 Å². The molecule has 9 heteroatoms. The standard InChI is InChI=1S/C17H26N4O4S/c1-14(22)20-10-12-21(13-11-20)17(23)15-4-6-16(7-5-15)26(24,25)18-8-9-19(2)3/h4-7,18H,8-13H2,1-3H3. The Kier molecular flexibility index (Phi) is 6.74. The van der Waals surface area contributed by atoms with Crippen LogP contribution in [0.15, 0.2) is 29.2 Å². The summed E-state index contributed by atoms with van der Waals surface area (Å²) in [5.41, 5.74) is 0.438. The van der Waals surface area contributed by atoms with Crippen LogP contribution in [0.4, 0.5) is 0 Å². The molecule has 0 unspecified atom stereocenters. The van der Waals surface area contributed by atoms with Gasteiger partial charge in [-0.1, -0.05) is 0 Å². The van der Waals surface area contributed by atoms with Crippen LogP contribution in [0.2, 0.25) is 0 Å². The van der Waals surface area contributed by atoms with Crippen molar-refractivity contribution in [3.05, 3.63) is 29.8 Å². The lowest BCUT2D eigenvalue weighted by Crippen LogP contribution is -2.50. The fraction of sp³-hybridized carbons (Fsp3) is 0.529. The molecular formula is C17H26N4O4S. The van der Waals surface area contributed by atoms with Crippen LogP contribution in [-0.4, -0.2) is 88.3 Å². The van der Waals surface area contributed by atoms with E-state index >= 15 is 0 Å². The summed E-state index contributed by atoms with van der Waals surface area (Å²) < 4.78 is 27.0. The van der Waals surface area contributed by atoms with Gasteiger partial charge in [0.15, 0.2) is 0 Å². The average Bonchev–Trinajstić information content (AvgIpc) is 2.61. The van der Waals surface area contributed by atoms with E-state index in [1.807, 2.05) is 19.0 Å². The molecule has 2 rings (SSSR count). The van der Waals surface area contributed by atoms with Gasteiger partial charge in [-0.3, -0.25) is 9.59 Å². The van der Waals surface area contributed by atoms with Crippen molar-refractivity contribution in [3.8, 4) is 0 Å². The van der Waals surface area contributed by atoms with Crippen LogP contribution in [0.1, 0.15) is 17.3 Å². The molecule has 144 valence electrons. The van der Waals surface area contributed by atoms with E-state index in [9.17, 15) is 18.0 Å².